The average molecular weight is 317 g/mol. The molecule has 0 spiro atoms. The molecule has 0 aromatic carbocycles. The number of nitrogens with zero attached hydrogens (tertiary/aromatic N) is 2. The van der Waals surface area contributed by atoms with Gasteiger partial charge in [0.25, 0.3) is 5.56 Å². The molecule has 2 heterocycles. The molecule has 2 aromatic rings. The predicted molar refractivity (Wildman–Crippen MR) is 86.5 cm³/mol. The Morgan fingerprint density at radius 1 is 1.41 bits per heavy atom. The van der Waals surface area contributed by atoms with Crippen LogP contribution in [0.4, 0.5) is 0 Å². The van der Waals surface area contributed by atoms with Gasteiger partial charge in [-0.05, 0) is 61.8 Å². The predicted octanol–water partition coefficient (Wildman–Crippen LogP) is 2.66. The maximum absolute atomic E-state index is 12.4. The van der Waals surface area contributed by atoms with Crippen LogP contribution in [0.1, 0.15) is 37.9 Å². The van der Waals surface area contributed by atoms with Crippen LogP contribution < -0.4 is 11.0 Å². The van der Waals surface area contributed by atoms with E-state index in [1.807, 2.05) is 5.38 Å². The zero-order chi connectivity index (χ0) is 15.3. The smallest absolute Gasteiger partial charge is 0.273 e. The minimum Gasteiger partial charge on any atom is -0.273 e. The van der Waals surface area contributed by atoms with E-state index in [0.29, 0.717) is 23.5 Å². The SMILES string of the molecule is Cc1nc2sccc2c(=O)n1NC(=O)CC(C1CC1)C1CC1. The van der Waals surface area contributed by atoms with Crippen LogP contribution in [0.5, 0.6) is 0 Å². The van der Waals surface area contributed by atoms with E-state index in [0.717, 1.165) is 16.7 Å². The normalized spacial score (nSPS) is 18.1. The first kappa shape index (κ1) is 13.9. The number of nitrogens with one attached hydrogen (secondary N) is 1. The molecular formula is C16H19N3O2S. The van der Waals surface area contributed by atoms with Crippen molar-refractivity contribution in [3.63, 3.8) is 0 Å². The highest BCUT2D eigenvalue weighted by atomic mass is 32.1. The highest BCUT2D eigenvalue weighted by Gasteiger charge is 2.42. The molecule has 0 atom stereocenters. The Balaban J connectivity index is 1.54. The fourth-order valence-corrected chi connectivity index (χ4v) is 4.10. The summed E-state index contributed by atoms with van der Waals surface area (Å²) in [6.07, 6.45) is 5.57. The molecule has 1 amide bonds. The molecule has 2 aliphatic carbocycles. The number of hydrogen-bond donors (Lipinski definition) is 1. The molecule has 4 rings (SSSR count). The van der Waals surface area contributed by atoms with Crippen molar-refractivity contribution in [2.24, 2.45) is 17.8 Å². The van der Waals surface area contributed by atoms with Gasteiger partial charge in [-0.1, -0.05) is 0 Å². The van der Waals surface area contributed by atoms with Crippen molar-refractivity contribution in [2.45, 2.75) is 39.0 Å². The summed E-state index contributed by atoms with van der Waals surface area (Å²) in [6.45, 7) is 1.75. The van der Waals surface area contributed by atoms with Crippen molar-refractivity contribution in [1.29, 1.82) is 0 Å². The third-order valence-corrected chi connectivity index (χ3v) is 5.58. The Kier molecular flexibility index (Phi) is 3.29. The molecule has 2 fully saturated rings. The number of amides is 1. The van der Waals surface area contributed by atoms with Crippen LogP contribution in [0.3, 0.4) is 0 Å². The molecule has 0 bridgehead atoms. The highest BCUT2D eigenvalue weighted by molar-refractivity contribution is 7.16. The molecule has 5 nitrogen and oxygen atoms in total. The van der Waals surface area contributed by atoms with Gasteiger partial charge in [0.15, 0.2) is 0 Å². The van der Waals surface area contributed by atoms with Crippen LogP contribution in [0, 0.1) is 24.7 Å². The first-order valence-corrected chi connectivity index (χ1v) is 8.78. The van der Waals surface area contributed by atoms with E-state index in [1.54, 1.807) is 13.0 Å². The summed E-state index contributed by atoms with van der Waals surface area (Å²) in [5.74, 6) is 2.43. The second kappa shape index (κ2) is 5.19. The molecule has 0 aliphatic heterocycles. The van der Waals surface area contributed by atoms with Gasteiger partial charge in [0.1, 0.15) is 10.7 Å². The van der Waals surface area contributed by atoms with Crippen molar-refractivity contribution in [1.82, 2.24) is 9.66 Å². The number of rotatable bonds is 5. The number of carbonyl (C=O) groups is 1. The zero-order valence-corrected chi connectivity index (χ0v) is 13.4. The molecular weight excluding hydrogens is 298 g/mol. The van der Waals surface area contributed by atoms with Crippen LogP contribution in [0.25, 0.3) is 10.2 Å². The summed E-state index contributed by atoms with van der Waals surface area (Å²) in [5.41, 5.74) is 2.58. The second-order valence-corrected chi connectivity index (χ2v) is 7.41. The first-order valence-electron chi connectivity index (χ1n) is 7.90. The minimum absolute atomic E-state index is 0.0645. The van der Waals surface area contributed by atoms with Gasteiger partial charge in [-0.2, -0.15) is 0 Å². The number of aryl methyl sites for hydroxylation is 1. The molecule has 6 heteroatoms. The molecule has 22 heavy (non-hydrogen) atoms. The van der Waals surface area contributed by atoms with Crippen molar-refractivity contribution in [3.8, 4) is 0 Å². The Bertz CT molecular complexity index is 774. The number of carbonyl (C=O) groups excluding carboxylic acids is 1. The van der Waals surface area contributed by atoms with E-state index in [1.165, 1.54) is 41.7 Å². The van der Waals surface area contributed by atoms with Gasteiger partial charge in [0, 0.05) is 6.42 Å². The van der Waals surface area contributed by atoms with Gasteiger partial charge in [0.2, 0.25) is 5.91 Å². The lowest BCUT2D eigenvalue weighted by Gasteiger charge is -2.16. The lowest BCUT2D eigenvalue weighted by Crippen LogP contribution is -2.36. The van der Waals surface area contributed by atoms with Crippen LogP contribution in [-0.4, -0.2) is 15.6 Å². The third kappa shape index (κ3) is 2.56. The second-order valence-electron chi connectivity index (χ2n) is 6.52. The molecule has 0 radical (unpaired) electrons. The summed E-state index contributed by atoms with van der Waals surface area (Å²) in [5, 5.41) is 2.41. The Labute approximate surface area is 132 Å². The largest absolute Gasteiger partial charge is 0.281 e. The van der Waals surface area contributed by atoms with Crippen LogP contribution in [0.2, 0.25) is 0 Å². The Morgan fingerprint density at radius 2 is 2.09 bits per heavy atom. The van der Waals surface area contributed by atoms with Crippen LogP contribution in [0.15, 0.2) is 16.2 Å². The van der Waals surface area contributed by atoms with Gasteiger partial charge in [0.05, 0.1) is 5.39 Å². The molecule has 2 aromatic heterocycles. The number of hydrogen-bond acceptors (Lipinski definition) is 4. The van der Waals surface area contributed by atoms with Gasteiger partial charge >= 0.3 is 0 Å². The van der Waals surface area contributed by atoms with Gasteiger partial charge in [-0.3, -0.25) is 15.0 Å². The van der Waals surface area contributed by atoms with E-state index < -0.39 is 0 Å². The van der Waals surface area contributed by atoms with Crippen molar-refractivity contribution in [2.75, 3.05) is 5.43 Å². The Hall–Kier alpha value is -1.69. The number of aromatic nitrogens is 2. The van der Waals surface area contributed by atoms with E-state index in [9.17, 15) is 9.59 Å². The maximum atomic E-state index is 12.4. The molecule has 2 saturated carbocycles. The van der Waals surface area contributed by atoms with E-state index in [4.69, 9.17) is 0 Å². The standard InChI is InChI=1S/C16H19N3O2S/c1-9-17-15-12(6-7-22-15)16(21)19(9)18-14(20)8-13(10-2-3-10)11-4-5-11/h6-7,10-11,13H,2-5,8H2,1H3,(H,18,20). The Morgan fingerprint density at radius 3 is 2.73 bits per heavy atom. The molecule has 0 unspecified atom stereocenters. The average Bonchev–Trinajstić information content (AvgIpc) is 3.39. The maximum Gasteiger partial charge on any atom is 0.281 e. The van der Waals surface area contributed by atoms with Gasteiger partial charge < -0.3 is 0 Å². The first-order chi connectivity index (χ1) is 10.6. The summed E-state index contributed by atoms with van der Waals surface area (Å²) in [4.78, 5) is 29.9. The third-order valence-electron chi connectivity index (χ3n) is 4.78. The molecule has 0 saturated heterocycles. The summed E-state index contributed by atoms with van der Waals surface area (Å²) >= 11 is 1.44. The van der Waals surface area contributed by atoms with Gasteiger partial charge in [-0.15, -0.1) is 11.3 Å². The minimum atomic E-state index is -0.188. The summed E-state index contributed by atoms with van der Waals surface area (Å²) in [6, 6.07) is 1.76. The molecule has 2 aliphatic rings. The topological polar surface area (TPSA) is 64.0 Å². The van der Waals surface area contributed by atoms with Gasteiger partial charge in [-0.25, -0.2) is 9.66 Å². The van der Waals surface area contributed by atoms with E-state index in [2.05, 4.69) is 10.4 Å². The van der Waals surface area contributed by atoms with E-state index in [-0.39, 0.29) is 11.5 Å². The quantitative estimate of drug-likeness (QED) is 0.922. The lowest BCUT2D eigenvalue weighted by atomic mass is 9.94. The molecule has 116 valence electrons. The zero-order valence-electron chi connectivity index (χ0n) is 12.5. The van der Waals surface area contributed by atoms with Crippen molar-refractivity contribution >= 4 is 27.5 Å². The fraction of sp³-hybridized carbons (Fsp3) is 0.562. The number of fused-ring (bicyclic) bond motifs is 1. The summed E-state index contributed by atoms with van der Waals surface area (Å²) < 4.78 is 1.30. The van der Waals surface area contributed by atoms with Crippen molar-refractivity contribution in [3.05, 3.63) is 27.6 Å². The van der Waals surface area contributed by atoms with E-state index >= 15 is 0 Å². The highest BCUT2D eigenvalue weighted by Crippen LogP contribution is 2.50. The van der Waals surface area contributed by atoms with Crippen LogP contribution >= 0.6 is 11.3 Å². The fourth-order valence-electron chi connectivity index (χ4n) is 3.30. The lowest BCUT2D eigenvalue weighted by molar-refractivity contribution is -0.118. The number of thiophene rings is 1. The molecule has 1 N–H and O–H groups in total. The monoisotopic (exact) mass is 317 g/mol. The van der Waals surface area contributed by atoms with Crippen molar-refractivity contribution < 1.29 is 4.79 Å². The van der Waals surface area contributed by atoms with Crippen LogP contribution in [-0.2, 0) is 4.79 Å². The summed E-state index contributed by atoms with van der Waals surface area (Å²) in [7, 11) is 0.